The monoisotopic (exact) mass is 1320 g/mol. The molecule has 520 valence electrons. The number of cyclic esters (lactones) is 1. The zero-order valence-corrected chi connectivity index (χ0v) is 57.5. The van der Waals surface area contributed by atoms with Crippen molar-refractivity contribution in [1.82, 2.24) is 19.9 Å². The van der Waals surface area contributed by atoms with Gasteiger partial charge in [-0.1, -0.05) is 84.0 Å². The SMILES string of the molecule is CNc1ccc(S(=O)(=O)NCCN2C[C@H](C)O[C@@H](O[C@H]3[C@H](C)[C@@H](O[C@@H]4O[C@H](C)CC(=NOC)[C@H]4O)[C@@H](C)C[C@](C)(OC(=O)NCc4ccccc4)C(=O)[C@H](C)[C@H](OC(=O)CC(C)C)[C@@H](C)[C@@H]([C@@H](C)CO[C@@H]4O[C@H](C)[C@@H](O)[C@@H](OC)[C@H]4OC)OC(=O)[C@@H]3C)CC2C)cn1. The maximum Gasteiger partial charge on any atom is 0.408 e. The van der Waals surface area contributed by atoms with Gasteiger partial charge in [-0.15, -0.1) is 0 Å². The topological polar surface area (TPSA) is 318 Å². The molecule has 4 fully saturated rings. The summed E-state index contributed by atoms with van der Waals surface area (Å²) in [5.41, 5.74) is -1.01. The molecule has 4 saturated heterocycles. The van der Waals surface area contributed by atoms with Crippen LogP contribution in [-0.4, -0.2) is 210 Å². The van der Waals surface area contributed by atoms with Crippen LogP contribution in [0.5, 0.6) is 0 Å². The summed E-state index contributed by atoms with van der Waals surface area (Å²) in [6, 6.07) is 11.9. The summed E-state index contributed by atoms with van der Waals surface area (Å²) in [5.74, 6) is -7.52. The first-order chi connectivity index (χ1) is 43.4. The molecule has 27 heteroatoms. The number of esters is 2. The fourth-order valence-corrected chi connectivity index (χ4v) is 14.0. The summed E-state index contributed by atoms with van der Waals surface area (Å²) in [6.45, 7) is 23.5. The number of nitrogens with one attached hydrogen (secondary N) is 3. The van der Waals surface area contributed by atoms with Crippen molar-refractivity contribution in [2.75, 3.05) is 59.9 Å². The molecule has 4 aliphatic heterocycles. The Morgan fingerprint density at radius 1 is 0.837 bits per heavy atom. The van der Waals surface area contributed by atoms with Crippen molar-refractivity contribution in [2.45, 2.75) is 225 Å². The summed E-state index contributed by atoms with van der Waals surface area (Å²) >= 11 is 0. The number of nitrogens with zero attached hydrogens (tertiary/aromatic N) is 3. The molecule has 5 N–H and O–H groups in total. The highest BCUT2D eigenvalue weighted by molar-refractivity contribution is 7.89. The Labute approximate surface area is 543 Å². The maximum absolute atomic E-state index is 16.0. The smallest absolute Gasteiger partial charge is 0.408 e. The second kappa shape index (κ2) is 34.6. The minimum absolute atomic E-state index is 0.0111. The number of sulfonamides is 1. The van der Waals surface area contributed by atoms with Gasteiger partial charge in [0.05, 0.1) is 54.7 Å². The first-order valence-electron chi connectivity index (χ1n) is 32.2. The van der Waals surface area contributed by atoms with Crippen LogP contribution in [0.3, 0.4) is 0 Å². The summed E-state index contributed by atoms with van der Waals surface area (Å²) < 4.78 is 100. The lowest BCUT2D eigenvalue weighted by atomic mass is 9.74. The van der Waals surface area contributed by atoms with Crippen LogP contribution in [0.1, 0.15) is 121 Å². The number of carbonyl (C=O) groups excluding carboxylic acids is 4. The van der Waals surface area contributed by atoms with Gasteiger partial charge in [-0.2, -0.15) is 0 Å². The van der Waals surface area contributed by atoms with E-state index in [9.17, 15) is 28.2 Å². The number of pyridine rings is 1. The van der Waals surface area contributed by atoms with Gasteiger partial charge in [0.2, 0.25) is 10.0 Å². The number of ether oxygens (including phenoxy) is 11. The van der Waals surface area contributed by atoms with Gasteiger partial charge in [-0.05, 0) is 77.5 Å². The van der Waals surface area contributed by atoms with Crippen molar-refractivity contribution >= 4 is 45.4 Å². The molecule has 22 atom stereocenters. The molecule has 0 radical (unpaired) electrons. The number of hydrogen-bond donors (Lipinski definition) is 5. The lowest BCUT2D eigenvalue weighted by Crippen LogP contribution is -2.59. The number of ketones is 1. The van der Waals surface area contributed by atoms with Crippen LogP contribution in [0.15, 0.2) is 58.7 Å². The quantitative estimate of drug-likeness (QED) is 0.0484. The van der Waals surface area contributed by atoms with E-state index in [0.717, 1.165) is 5.56 Å². The maximum atomic E-state index is 16.0. The second-order valence-corrected chi connectivity index (χ2v) is 27.8. The van der Waals surface area contributed by atoms with E-state index in [4.69, 9.17) is 56.9 Å². The van der Waals surface area contributed by atoms with Crippen LogP contribution in [-0.2, 0) is 87.9 Å². The van der Waals surface area contributed by atoms with Crippen LogP contribution < -0.4 is 15.4 Å². The van der Waals surface area contributed by atoms with Crippen molar-refractivity contribution in [2.24, 2.45) is 46.6 Å². The standard InChI is InChI=1S/C65H104N6O20S/c1-35(2)27-50(72)87-56-42(9)55(37(4)34-83-63-59(81-16)58(80-15)52(73)45(12)86-63)89-61(76)44(11)57(88-51-28-38(5)71(33-40(7)84-51)26-25-69-92(78,79)47-23-24-49(66-14)67-32-47)41(8)54(90-62-53(74)48(70-82-17)29-39(6)85-62)36(3)30-65(13,60(75)43(56)10)91-64(77)68-31-46-21-19-18-20-22-46/h18-24,32,35-45,51-59,62-63,69,73-74H,25-31,33-34H2,1-17H3,(H,66,67)(H,68,77)/t36-,37-,38?,39+,40-,41+,42-,43+,44+,45+,51-,52+,53+,54-,55+,56+,57-,58+,59+,62-,63+,65-/m0/s1. The lowest BCUT2D eigenvalue weighted by Gasteiger charge is -2.45. The summed E-state index contributed by atoms with van der Waals surface area (Å²) in [5, 5.41) is 32.8. The van der Waals surface area contributed by atoms with Gasteiger partial charge in [-0.25, -0.2) is 22.9 Å². The number of Topliss-reactive ketones (excluding diaryl/α,β-unsaturated/α-hetero) is 1. The fourth-order valence-electron chi connectivity index (χ4n) is 13.1. The number of hydrogen-bond acceptors (Lipinski definition) is 24. The summed E-state index contributed by atoms with van der Waals surface area (Å²) in [4.78, 5) is 71.5. The van der Waals surface area contributed by atoms with Crippen LogP contribution in [0, 0.1) is 41.4 Å². The molecule has 26 nitrogen and oxygen atoms in total. The van der Waals surface area contributed by atoms with Gasteiger partial charge in [-0.3, -0.25) is 19.3 Å². The van der Waals surface area contributed by atoms with Crippen LogP contribution in [0.4, 0.5) is 10.6 Å². The van der Waals surface area contributed by atoms with Crippen LogP contribution in [0.2, 0.25) is 0 Å². The zero-order valence-electron chi connectivity index (χ0n) is 56.7. The van der Waals surface area contributed by atoms with Gasteiger partial charge in [0, 0.05) is 96.7 Å². The number of oxime groups is 1. The average Bonchev–Trinajstić information content (AvgIpc) is 0.849. The van der Waals surface area contributed by atoms with Crippen molar-refractivity contribution in [3.63, 3.8) is 0 Å². The molecule has 4 aliphatic rings. The van der Waals surface area contributed by atoms with E-state index in [1.165, 1.54) is 40.5 Å². The Morgan fingerprint density at radius 3 is 2.16 bits per heavy atom. The number of carbonyl (C=O) groups is 4. The Balaban J connectivity index is 1.47. The third-order valence-corrected chi connectivity index (χ3v) is 19.5. The van der Waals surface area contributed by atoms with Gasteiger partial charge in [0.15, 0.2) is 30.3 Å². The molecule has 2 aromatic rings. The predicted octanol–water partition coefficient (Wildman–Crippen LogP) is 5.99. The minimum atomic E-state index is -3.92. The van der Waals surface area contributed by atoms with Crippen molar-refractivity contribution in [1.29, 1.82) is 0 Å². The third-order valence-electron chi connectivity index (χ3n) is 18.0. The molecule has 0 aliphatic carbocycles. The van der Waals surface area contributed by atoms with Gasteiger partial charge in [0.1, 0.15) is 54.4 Å². The van der Waals surface area contributed by atoms with Gasteiger partial charge >= 0.3 is 18.0 Å². The van der Waals surface area contributed by atoms with E-state index in [1.54, 1.807) is 61.6 Å². The number of amides is 1. The summed E-state index contributed by atoms with van der Waals surface area (Å²) in [6.07, 6.45) is -13.8. The molecule has 0 bridgehead atoms. The molecule has 0 saturated carbocycles. The highest BCUT2D eigenvalue weighted by Gasteiger charge is 2.53. The fraction of sp³-hybridized carbons (Fsp3) is 0.754. The highest BCUT2D eigenvalue weighted by atomic mass is 32.2. The van der Waals surface area contributed by atoms with Crippen LogP contribution in [0.25, 0.3) is 0 Å². The molecular weight excluding hydrogens is 1220 g/mol. The number of benzene rings is 1. The molecule has 5 heterocycles. The van der Waals surface area contributed by atoms with E-state index < -0.39 is 161 Å². The number of methoxy groups -OCH3 is 2. The van der Waals surface area contributed by atoms with E-state index in [-0.39, 0.29) is 67.9 Å². The Bertz CT molecular complexity index is 2810. The number of aliphatic hydroxyl groups is 2. The number of aliphatic hydroxyl groups excluding tert-OH is 2. The van der Waals surface area contributed by atoms with E-state index in [2.05, 4.69) is 30.4 Å². The third kappa shape index (κ3) is 20.0. The lowest BCUT2D eigenvalue weighted by molar-refractivity contribution is -0.305. The van der Waals surface area contributed by atoms with Crippen molar-refractivity contribution < 1.29 is 94.8 Å². The van der Waals surface area contributed by atoms with E-state index in [1.807, 2.05) is 65.0 Å². The Morgan fingerprint density at radius 2 is 1.53 bits per heavy atom. The van der Waals surface area contributed by atoms with E-state index in [0.29, 0.717) is 18.9 Å². The number of rotatable bonds is 23. The molecule has 6 rings (SSSR count). The number of anilines is 1. The van der Waals surface area contributed by atoms with Crippen LogP contribution >= 0.6 is 0 Å². The molecule has 92 heavy (non-hydrogen) atoms. The molecular formula is C65H104N6O20S. The molecule has 1 amide bonds. The number of alkyl carbamates (subject to hydrolysis) is 1. The molecule has 1 unspecified atom stereocenters. The van der Waals surface area contributed by atoms with Crippen molar-refractivity contribution in [3.8, 4) is 0 Å². The zero-order chi connectivity index (χ0) is 67.9. The van der Waals surface area contributed by atoms with Gasteiger partial charge < -0.3 is 77.8 Å². The Kier molecular flexibility index (Phi) is 28.6. The average molecular weight is 1320 g/mol. The first-order valence-corrected chi connectivity index (χ1v) is 33.7. The molecule has 0 spiro atoms. The summed E-state index contributed by atoms with van der Waals surface area (Å²) in [7, 11) is 2.00. The first kappa shape index (κ1) is 76.0. The highest BCUT2D eigenvalue weighted by Crippen LogP contribution is 2.41. The Hall–Kier alpha value is -5.01. The number of aromatic nitrogens is 1. The van der Waals surface area contributed by atoms with E-state index >= 15 is 9.59 Å². The molecule has 1 aromatic carbocycles. The normalized spacial score (nSPS) is 35.7. The molecule has 1 aromatic heterocycles. The minimum Gasteiger partial charge on any atom is -0.461 e. The second-order valence-electron chi connectivity index (χ2n) is 26.1. The largest absolute Gasteiger partial charge is 0.461 e. The predicted molar refractivity (Wildman–Crippen MR) is 338 cm³/mol. The van der Waals surface area contributed by atoms with Gasteiger partial charge in [0.25, 0.3) is 0 Å². The van der Waals surface area contributed by atoms with Crippen molar-refractivity contribution in [3.05, 3.63) is 54.2 Å².